The number of rotatable bonds is 3. The minimum atomic E-state index is -0.0274. The lowest BCUT2D eigenvalue weighted by atomic mass is 9.97. The third kappa shape index (κ3) is 3.17. The summed E-state index contributed by atoms with van der Waals surface area (Å²) < 4.78 is 12.4. The van der Waals surface area contributed by atoms with E-state index >= 15 is 0 Å². The molecule has 0 aliphatic carbocycles. The third-order valence-electron chi connectivity index (χ3n) is 5.78. The molecule has 0 unspecified atom stereocenters. The van der Waals surface area contributed by atoms with Crippen LogP contribution in [-0.4, -0.2) is 36.0 Å². The molecule has 0 spiro atoms. The number of ether oxygens (including phenoxy) is 1. The van der Waals surface area contributed by atoms with Gasteiger partial charge in [0.15, 0.2) is 5.76 Å². The Bertz CT molecular complexity index is 1170. The highest BCUT2D eigenvalue weighted by Gasteiger charge is 2.29. The van der Waals surface area contributed by atoms with Crippen molar-refractivity contribution >= 4 is 38.4 Å². The van der Waals surface area contributed by atoms with Gasteiger partial charge in [-0.05, 0) is 50.1 Å². The normalized spacial score (nSPS) is 15.3. The SMILES string of the molecule is COc1ccc2oc(C(=O)N3CCC(c4nc5ccccc5s4)CC3)c(C)c2c1. The maximum Gasteiger partial charge on any atom is 0.289 e. The average molecular weight is 407 g/mol. The second-order valence-electron chi connectivity index (χ2n) is 7.50. The number of benzene rings is 2. The van der Waals surface area contributed by atoms with Crippen molar-refractivity contribution < 1.29 is 13.9 Å². The monoisotopic (exact) mass is 406 g/mol. The molecule has 5 nitrogen and oxygen atoms in total. The predicted molar refractivity (Wildman–Crippen MR) is 115 cm³/mol. The van der Waals surface area contributed by atoms with Gasteiger partial charge in [0.2, 0.25) is 0 Å². The highest BCUT2D eigenvalue weighted by Crippen LogP contribution is 2.35. The molecule has 3 heterocycles. The van der Waals surface area contributed by atoms with E-state index < -0.39 is 0 Å². The average Bonchev–Trinajstić information content (AvgIpc) is 3.34. The Labute approximate surface area is 172 Å². The predicted octanol–water partition coefficient (Wildman–Crippen LogP) is 5.38. The number of hydrogen-bond donors (Lipinski definition) is 0. The van der Waals surface area contributed by atoms with E-state index in [9.17, 15) is 4.79 Å². The van der Waals surface area contributed by atoms with Gasteiger partial charge in [0.1, 0.15) is 11.3 Å². The molecule has 1 saturated heterocycles. The van der Waals surface area contributed by atoms with Crippen LogP contribution in [0.1, 0.15) is 39.9 Å². The van der Waals surface area contributed by atoms with Gasteiger partial charge in [-0.1, -0.05) is 12.1 Å². The fourth-order valence-electron chi connectivity index (χ4n) is 4.07. The molecular formula is C23H22N2O3S. The van der Waals surface area contributed by atoms with Crippen molar-refractivity contribution in [3.63, 3.8) is 0 Å². The second-order valence-corrected chi connectivity index (χ2v) is 8.57. The molecule has 1 aliphatic rings. The van der Waals surface area contributed by atoms with E-state index in [2.05, 4.69) is 18.2 Å². The van der Waals surface area contributed by atoms with E-state index in [0.29, 0.717) is 11.7 Å². The summed E-state index contributed by atoms with van der Waals surface area (Å²) >= 11 is 1.77. The van der Waals surface area contributed by atoms with Crippen LogP contribution < -0.4 is 4.74 Å². The first-order valence-corrected chi connectivity index (χ1v) is 10.7. The Kier molecular flexibility index (Phi) is 4.51. The number of likely N-dealkylation sites (tertiary alicyclic amines) is 1. The molecule has 0 atom stereocenters. The molecule has 2 aromatic carbocycles. The molecule has 0 radical (unpaired) electrons. The summed E-state index contributed by atoms with van der Waals surface area (Å²) in [5, 5.41) is 2.11. The Hall–Kier alpha value is -2.86. The van der Waals surface area contributed by atoms with Crippen LogP contribution >= 0.6 is 11.3 Å². The zero-order chi connectivity index (χ0) is 20.0. The number of thiazole rings is 1. The van der Waals surface area contributed by atoms with Crippen LogP contribution in [0.3, 0.4) is 0 Å². The molecule has 0 bridgehead atoms. The first-order chi connectivity index (χ1) is 14.1. The number of furan rings is 1. The molecule has 29 heavy (non-hydrogen) atoms. The van der Waals surface area contributed by atoms with Crippen molar-refractivity contribution in [1.82, 2.24) is 9.88 Å². The molecule has 2 aromatic heterocycles. The summed E-state index contributed by atoms with van der Waals surface area (Å²) in [6, 6.07) is 13.9. The van der Waals surface area contributed by atoms with Gasteiger partial charge in [0.05, 0.1) is 22.3 Å². The summed E-state index contributed by atoms with van der Waals surface area (Å²) in [6.07, 6.45) is 1.86. The number of fused-ring (bicyclic) bond motifs is 2. The fourth-order valence-corrected chi connectivity index (χ4v) is 5.21. The van der Waals surface area contributed by atoms with Crippen LogP contribution in [-0.2, 0) is 0 Å². The number of aromatic nitrogens is 1. The number of hydrogen-bond acceptors (Lipinski definition) is 5. The van der Waals surface area contributed by atoms with Crippen LogP contribution in [0.4, 0.5) is 0 Å². The van der Waals surface area contributed by atoms with Crippen LogP contribution in [0.15, 0.2) is 46.9 Å². The van der Waals surface area contributed by atoms with Crippen LogP contribution in [0.5, 0.6) is 5.75 Å². The Morgan fingerprint density at radius 3 is 2.76 bits per heavy atom. The lowest BCUT2D eigenvalue weighted by molar-refractivity contribution is 0.0682. The standard InChI is InChI=1S/C23H22N2O3S/c1-14-17-13-16(27-2)7-8-19(17)28-21(14)23(26)25-11-9-15(10-12-25)22-24-18-5-3-4-6-20(18)29-22/h3-8,13,15H,9-12H2,1-2H3. The Morgan fingerprint density at radius 2 is 2.00 bits per heavy atom. The van der Waals surface area contributed by atoms with Crippen molar-refractivity contribution in [2.75, 3.05) is 20.2 Å². The minimum absolute atomic E-state index is 0.0274. The largest absolute Gasteiger partial charge is 0.497 e. The van der Waals surface area contributed by atoms with Gasteiger partial charge in [-0.3, -0.25) is 4.79 Å². The van der Waals surface area contributed by atoms with E-state index in [0.717, 1.165) is 53.7 Å². The molecule has 0 saturated carbocycles. The lowest BCUT2D eigenvalue weighted by Gasteiger charge is -2.30. The smallest absolute Gasteiger partial charge is 0.289 e. The number of piperidine rings is 1. The van der Waals surface area contributed by atoms with E-state index in [1.54, 1.807) is 18.4 Å². The number of aryl methyl sites for hydroxylation is 1. The van der Waals surface area contributed by atoms with Gasteiger partial charge in [-0.25, -0.2) is 4.98 Å². The van der Waals surface area contributed by atoms with E-state index in [1.165, 1.54) is 9.71 Å². The molecule has 6 heteroatoms. The molecule has 1 amide bonds. The highest BCUT2D eigenvalue weighted by molar-refractivity contribution is 7.18. The molecule has 1 fully saturated rings. The molecular weight excluding hydrogens is 384 g/mol. The van der Waals surface area contributed by atoms with Gasteiger partial charge >= 0.3 is 0 Å². The van der Waals surface area contributed by atoms with Crippen LogP contribution in [0, 0.1) is 6.92 Å². The second kappa shape index (κ2) is 7.19. The number of carbonyl (C=O) groups excluding carboxylic acids is 1. The summed E-state index contributed by atoms with van der Waals surface area (Å²) in [6.45, 7) is 3.38. The summed E-state index contributed by atoms with van der Waals surface area (Å²) in [7, 11) is 1.64. The molecule has 1 aliphatic heterocycles. The first-order valence-electron chi connectivity index (χ1n) is 9.86. The number of nitrogens with zero attached hydrogens (tertiary/aromatic N) is 2. The maximum absolute atomic E-state index is 13.1. The molecule has 4 aromatic rings. The topological polar surface area (TPSA) is 55.6 Å². The number of amides is 1. The summed E-state index contributed by atoms with van der Waals surface area (Å²) in [5.41, 5.74) is 2.66. The first kappa shape index (κ1) is 18.2. The maximum atomic E-state index is 13.1. The molecule has 5 rings (SSSR count). The fraction of sp³-hybridized carbons (Fsp3) is 0.304. The van der Waals surface area contributed by atoms with Crippen molar-refractivity contribution in [2.45, 2.75) is 25.7 Å². The van der Waals surface area contributed by atoms with Gasteiger partial charge in [-0.2, -0.15) is 0 Å². The number of para-hydroxylation sites is 1. The zero-order valence-electron chi connectivity index (χ0n) is 16.5. The highest BCUT2D eigenvalue weighted by atomic mass is 32.1. The van der Waals surface area contributed by atoms with E-state index in [1.807, 2.05) is 36.1 Å². The van der Waals surface area contributed by atoms with E-state index in [4.69, 9.17) is 14.1 Å². The number of methoxy groups -OCH3 is 1. The van der Waals surface area contributed by atoms with Gasteiger partial charge in [0.25, 0.3) is 5.91 Å². The zero-order valence-corrected chi connectivity index (χ0v) is 17.3. The Balaban J connectivity index is 1.33. The lowest BCUT2D eigenvalue weighted by Crippen LogP contribution is -2.38. The van der Waals surface area contributed by atoms with E-state index in [-0.39, 0.29) is 5.91 Å². The minimum Gasteiger partial charge on any atom is -0.497 e. The number of carbonyl (C=O) groups is 1. The van der Waals surface area contributed by atoms with Crippen LogP contribution in [0.2, 0.25) is 0 Å². The summed E-state index contributed by atoms with van der Waals surface area (Å²) in [5.74, 6) is 1.58. The summed E-state index contributed by atoms with van der Waals surface area (Å²) in [4.78, 5) is 19.8. The molecule has 0 N–H and O–H groups in total. The van der Waals surface area contributed by atoms with Crippen molar-refractivity contribution in [3.05, 3.63) is 58.8 Å². The third-order valence-corrected chi connectivity index (χ3v) is 6.98. The Morgan fingerprint density at radius 1 is 1.21 bits per heavy atom. The van der Waals surface area contributed by atoms with Gasteiger partial charge in [0, 0.05) is 30.0 Å². The van der Waals surface area contributed by atoms with Crippen molar-refractivity contribution in [1.29, 1.82) is 0 Å². The quantitative estimate of drug-likeness (QED) is 0.458. The molecule has 148 valence electrons. The van der Waals surface area contributed by atoms with Crippen LogP contribution in [0.25, 0.3) is 21.2 Å². The van der Waals surface area contributed by atoms with Gasteiger partial charge in [-0.15, -0.1) is 11.3 Å². The van der Waals surface area contributed by atoms with Crippen molar-refractivity contribution in [2.24, 2.45) is 0 Å². The van der Waals surface area contributed by atoms with Gasteiger partial charge < -0.3 is 14.1 Å². The van der Waals surface area contributed by atoms with Crippen molar-refractivity contribution in [3.8, 4) is 5.75 Å².